The van der Waals surface area contributed by atoms with Crippen LogP contribution in [0.5, 0.6) is 0 Å². The van der Waals surface area contributed by atoms with E-state index in [1.807, 2.05) is 32.0 Å². The average Bonchev–Trinajstić information content (AvgIpc) is 2.56. The quantitative estimate of drug-likeness (QED) is 0.864. The number of piperidine rings is 1. The van der Waals surface area contributed by atoms with Crippen LogP contribution in [-0.2, 0) is 10.0 Å². The van der Waals surface area contributed by atoms with Gasteiger partial charge in [0.2, 0.25) is 10.0 Å². The van der Waals surface area contributed by atoms with E-state index >= 15 is 0 Å². The zero-order valence-electron chi connectivity index (χ0n) is 13.6. The van der Waals surface area contributed by atoms with Gasteiger partial charge in [0, 0.05) is 18.9 Å². The molecule has 1 saturated heterocycles. The molecule has 1 aromatic carbocycles. The number of pyridine rings is 1. The van der Waals surface area contributed by atoms with Crippen LogP contribution in [-0.4, -0.2) is 24.3 Å². The lowest BCUT2D eigenvalue weighted by Gasteiger charge is -2.35. The van der Waals surface area contributed by atoms with Crippen LogP contribution >= 0.6 is 0 Å². The maximum atomic E-state index is 13.1. The number of nitrogens with zero attached hydrogens (tertiary/aromatic N) is 2. The van der Waals surface area contributed by atoms with Crippen LogP contribution in [0.25, 0.3) is 0 Å². The molecule has 122 valence electrons. The normalized spacial score (nSPS) is 19.7. The summed E-state index contributed by atoms with van der Waals surface area (Å²) in [5.74, 6) is 0. The lowest BCUT2D eigenvalue weighted by atomic mass is 9.95. The van der Waals surface area contributed by atoms with Gasteiger partial charge < -0.3 is 0 Å². The van der Waals surface area contributed by atoms with Gasteiger partial charge in [0.05, 0.1) is 10.9 Å². The van der Waals surface area contributed by atoms with E-state index < -0.39 is 10.0 Å². The van der Waals surface area contributed by atoms with Crippen LogP contribution in [0.4, 0.5) is 0 Å². The predicted octanol–water partition coefficient (Wildman–Crippen LogP) is 3.61. The first kappa shape index (κ1) is 16.1. The summed E-state index contributed by atoms with van der Waals surface area (Å²) in [6.07, 6.45) is 6.36. The molecule has 1 aromatic heterocycles. The summed E-state index contributed by atoms with van der Waals surface area (Å²) in [5, 5.41) is 0. The molecule has 0 aliphatic carbocycles. The van der Waals surface area contributed by atoms with Crippen molar-refractivity contribution in [3.8, 4) is 0 Å². The highest BCUT2D eigenvalue weighted by Crippen LogP contribution is 2.36. The van der Waals surface area contributed by atoms with Crippen LogP contribution in [0, 0.1) is 13.8 Å². The molecule has 1 aliphatic heterocycles. The Bertz CT molecular complexity index is 785. The van der Waals surface area contributed by atoms with E-state index in [1.165, 1.54) is 0 Å². The molecule has 4 nitrogen and oxygen atoms in total. The minimum Gasteiger partial charge on any atom is -0.264 e. The Hall–Kier alpha value is -1.72. The maximum absolute atomic E-state index is 13.1. The molecule has 0 N–H and O–H groups in total. The van der Waals surface area contributed by atoms with E-state index in [0.29, 0.717) is 11.4 Å². The van der Waals surface area contributed by atoms with E-state index in [1.54, 1.807) is 28.8 Å². The van der Waals surface area contributed by atoms with Gasteiger partial charge in [0.1, 0.15) is 0 Å². The van der Waals surface area contributed by atoms with Gasteiger partial charge in [-0.15, -0.1) is 0 Å². The number of benzene rings is 1. The van der Waals surface area contributed by atoms with Crippen molar-refractivity contribution in [2.75, 3.05) is 6.54 Å². The first-order valence-electron chi connectivity index (χ1n) is 7.99. The molecule has 0 spiro atoms. The topological polar surface area (TPSA) is 50.3 Å². The smallest absolute Gasteiger partial charge is 0.243 e. The van der Waals surface area contributed by atoms with Crippen molar-refractivity contribution in [1.29, 1.82) is 0 Å². The van der Waals surface area contributed by atoms with Gasteiger partial charge in [0.15, 0.2) is 0 Å². The van der Waals surface area contributed by atoms with E-state index in [-0.39, 0.29) is 6.04 Å². The number of rotatable bonds is 3. The molecular weight excluding hydrogens is 308 g/mol. The highest BCUT2D eigenvalue weighted by molar-refractivity contribution is 7.89. The summed E-state index contributed by atoms with van der Waals surface area (Å²) in [5.41, 5.74) is 3.17. The molecule has 1 fully saturated rings. The van der Waals surface area contributed by atoms with Gasteiger partial charge in [0.25, 0.3) is 0 Å². The Labute approximate surface area is 138 Å². The van der Waals surface area contributed by atoms with Gasteiger partial charge in [-0.2, -0.15) is 4.31 Å². The molecule has 0 bridgehead atoms. The van der Waals surface area contributed by atoms with Crippen molar-refractivity contribution in [3.63, 3.8) is 0 Å². The summed E-state index contributed by atoms with van der Waals surface area (Å²) in [6, 6.07) is 8.96. The molecule has 1 aliphatic rings. The summed E-state index contributed by atoms with van der Waals surface area (Å²) >= 11 is 0. The molecule has 3 rings (SSSR count). The third-order valence-corrected chi connectivity index (χ3v) is 6.43. The molecule has 5 heteroatoms. The second-order valence-electron chi connectivity index (χ2n) is 6.17. The molecule has 2 heterocycles. The molecule has 1 unspecified atom stereocenters. The molecule has 2 aromatic rings. The molecule has 23 heavy (non-hydrogen) atoms. The zero-order chi connectivity index (χ0) is 16.4. The lowest BCUT2D eigenvalue weighted by molar-refractivity contribution is 0.255. The summed E-state index contributed by atoms with van der Waals surface area (Å²) in [6.45, 7) is 4.52. The second-order valence-corrected chi connectivity index (χ2v) is 8.06. The Morgan fingerprint density at radius 3 is 2.52 bits per heavy atom. The number of sulfonamides is 1. The Morgan fingerprint density at radius 1 is 1.09 bits per heavy atom. The van der Waals surface area contributed by atoms with Crippen LogP contribution in [0.15, 0.2) is 47.6 Å². The van der Waals surface area contributed by atoms with Crippen molar-refractivity contribution in [1.82, 2.24) is 9.29 Å². The zero-order valence-corrected chi connectivity index (χ0v) is 14.4. The molecular formula is C18H22N2O2S. The lowest BCUT2D eigenvalue weighted by Crippen LogP contribution is -2.38. The minimum atomic E-state index is -3.48. The van der Waals surface area contributed by atoms with Crippen molar-refractivity contribution in [2.45, 2.75) is 44.0 Å². The fraction of sp³-hybridized carbons (Fsp3) is 0.389. The van der Waals surface area contributed by atoms with Gasteiger partial charge >= 0.3 is 0 Å². The minimum absolute atomic E-state index is 0.0990. The van der Waals surface area contributed by atoms with E-state index in [9.17, 15) is 8.42 Å². The first-order chi connectivity index (χ1) is 11.0. The monoisotopic (exact) mass is 330 g/mol. The molecule has 1 atom stereocenters. The number of hydrogen-bond acceptors (Lipinski definition) is 3. The van der Waals surface area contributed by atoms with Crippen LogP contribution in [0.2, 0.25) is 0 Å². The van der Waals surface area contributed by atoms with Gasteiger partial charge in [-0.3, -0.25) is 4.98 Å². The fourth-order valence-corrected chi connectivity index (χ4v) is 4.88. The van der Waals surface area contributed by atoms with Crippen molar-refractivity contribution in [3.05, 3.63) is 59.4 Å². The first-order valence-corrected chi connectivity index (χ1v) is 9.43. The van der Waals surface area contributed by atoms with Gasteiger partial charge in [-0.1, -0.05) is 24.1 Å². The Balaban J connectivity index is 2.01. The van der Waals surface area contributed by atoms with Crippen LogP contribution in [0.1, 0.15) is 42.0 Å². The maximum Gasteiger partial charge on any atom is 0.243 e. The van der Waals surface area contributed by atoms with Crippen molar-refractivity contribution >= 4 is 10.0 Å². The largest absolute Gasteiger partial charge is 0.264 e. The van der Waals surface area contributed by atoms with E-state index in [4.69, 9.17) is 0 Å². The summed E-state index contributed by atoms with van der Waals surface area (Å²) in [4.78, 5) is 4.50. The predicted molar refractivity (Wildman–Crippen MR) is 90.6 cm³/mol. The molecule has 0 saturated carbocycles. The van der Waals surface area contributed by atoms with Crippen LogP contribution in [0.3, 0.4) is 0 Å². The number of hydrogen-bond donors (Lipinski definition) is 0. The fourth-order valence-electron chi connectivity index (χ4n) is 3.21. The summed E-state index contributed by atoms with van der Waals surface area (Å²) in [7, 11) is -3.48. The van der Waals surface area contributed by atoms with Crippen molar-refractivity contribution < 1.29 is 8.42 Å². The van der Waals surface area contributed by atoms with E-state index in [2.05, 4.69) is 4.98 Å². The SMILES string of the molecule is Cc1ccc(S(=O)(=O)N2CCCCC2c2ccncc2C)cc1. The second kappa shape index (κ2) is 6.42. The van der Waals surface area contributed by atoms with Gasteiger partial charge in [-0.25, -0.2) is 8.42 Å². The van der Waals surface area contributed by atoms with Gasteiger partial charge in [-0.05, 0) is 56.0 Å². The molecule has 0 radical (unpaired) electrons. The Kier molecular flexibility index (Phi) is 4.50. The standard InChI is InChI=1S/C18H22N2O2S/c1-14-6-8-16(9-7-14)23(21,22)20-12-4-3-5-18(20)17-10-11-19-13-15(17)2/h6-11,13,18H,3-5,12H2,1-2H3. The van der Waals surface area contributed by atoms with Crippen molar-refractivity contribution in [2.24, 2.45) is 0 Å². The third kappa shape index (κ3) is 3.16. The highest BCUT2D eigenvalue weighted by Gasteiger charge is 2.34. The highest BCUT2D eigenvalue weighted by atomic mass is 32.2. The average molecular weight is 330 g/mol. The summed E-state index contributed by atoms with van der Waals surface area (Å²) < 4.78 is 27.9. The van der Waals surface area contributed by atoms with Crippen LogP contribution < -0.4 is 0 Å². The number of aryl methyl sites for hydroxylation is 2. The Morgan fingerprint density at radius 2 is 1.83 bits per heavy atom. The third-order valence-electron chi connectivity index (χ3n) is 4.50. The van der Waals surface area contributed by atoms with E-state index in [0.717, 1.165) is 36.0 Å². The molecule has 0 amide bonds. The number of aromatic nitrogens is 1.